The van der Waals surface area contributed by atoms with Gasteiger partial charge in [-0.2, -0.15) is 0 Å². The van der Waals surface area contributed by atoms with Crippen molar-refractivity contribution in [1.29, 1.82) is 0 Å². The molecule has 0 spiro atoms. The van der Waals surface area contributed by atoms with Crippen LogP contribution in [0.3, 0.4) is 0 Å². The zero-order valence-corrected chi connectivity index (χ0v) is 35.3. The lowest BCUT2D eigenvalue weighted by Gasteiger charge is -2.39. The molecule has 1 atom stereocenters. The van der Waals surface area contributed by atoms with Gasteiger partial charge in [0, 0.05) is 87.0 Å². The molecule has 3 N–H and O–H groups in total. The molecule has 2 aliphatic heterocycles. The number of benzene rings is 3. The molecule has 2 fully saturated rings. The molecular formula is C48H58N8O5. The number of rotatable bonds is 14. The first-order chi connectivity index (χ1) is 29.6. The quantitative estimate of drug-likeness (QED) is 0.134. The van der Waals surface area contributed by atoms with Gasteiger partial charge < -0.3 is 30.4 Å². The fraction of sp³-hybridized carbons (Fsp3) is 0.458. The molecule has 8 rings (SSSR count). The Morgan fingerprint density at radius 3 is 2.48 bits per heavy atom. The average Bonchev–Trinajstić information content (AvgIpc) is 3.27. The Morgan fingerprint density at radius 1 is 0.885 bits per heavy atom. The van der Waals surface area contributed by atoms with Gasteiger partial charge in [0.05, 0.1) is 34.9 Å². The lowest BCUT2D eigenvalue weighted by atomic mass is 9.88. The number of amides is 3. The Labute approximate surface area is 357 Å². The van der Waals surface area contributed by atoms with E-state index in [2.05, 4.69) is 38.5 Å². The van der Waals surface area contributed by atoms with Gasteiger partial charge in [0.2, 0.25) is 11.8 Å². The van der Waals surface area contributed by atoms with Gasteiger partial charge in [-0.25, -0.2) is 4.98 Å². The van der Waals surface area contributed by atoms with Crippen LogP contribution in [0.25, 0.3) is 21.8 Å². The third-order valence-corrected chi connectivity index (χ3v) is 12.9. The van der Waals surface area contributed by atoms with E-state index in [1.54, 1.807) is 18.2 Å². The number of hydrogen-bond donors (Lipinski definition) is 3. The van der Waals surface area contributed by atoms with Crippen LogP contribution >= 0.6 is 0 Å². The fourth-order valence-corrected chi connectivity index (χ4v) is 9.08. The van der Waals surface area contributed by atoms with Crippen molar-refractivity contribution in [3.63, 3.8) is 0 Å². The molecular weight excluding hydrogens is 769 g/mol. The van der Waals surface area contributed by atoms with E-state index in [-0.39, 0.29) is 35.7 Å². The number of hydrogen-bond acceptors (Lipinski definition) is 9. The van der Waals surface area contributed by atoms with Crippen LogP contribution in [0.5, 0.6) is 0 Å². The summed E-state index contributed by atoms with van der Waals surface area (Å²) in [5.74, 6) is -0.487. The first-order valence-corrected chi connectivity index (χ1v) is 22.0. The van der Waals surface area contributed by atoms with Gasteiger partial charge in [-0.1, -0.05) is 36.4 Å². The number of nitrogens with zero attached hydrogens (tertiary/aromatic N) is 6. The van der Waals surface area contributed by atoms with Crippen molar-refractivity contribution in [2.24, 2.45) is 5.92 Å². The summed E-state index contributed by atoms with van der Waals surface area (Å²) in [5.41, 5.74) is 4.56. The minimum atomic E-state index is -1.19. The number of likely N-dealkylation sites (N-methyl/N-ethyl adjacent to an activating group) is 1. The second-order valence-corrected chi connectivity index (χ2v) is 17.4. The Hall–Kier alpha value is -5.50. The number of nitrogens with one attached hydrogen (secondary N) is 2. The number of aromatic nitrogens is 3. The van der Waals surface area contributed by atoms with Gasteiger partial charge in [-0.15, -0.1) is 0 Å². The maximum atomic E-state index is 14.1. The van der Waals surface area contributed by atoms with Crippen molar-refractivity contribution in [2.75, 3.05) is 64.7 Å². The smallest absolute Gasteiger partial charge is 0.261 e. The van der Waals surface area contributed by atoms with Crippen molar-refractivity contribution >= 4 is 45.2 Å². The number of carbonyl (C=O) groups is 3. The van der Waals surface area contributed by atoms with E-state index in [1.807, 2.05) is 53.4 Å². The number of fused-ring (bicyclic) bond motifs is 3. The topological polar surface area (TPSA) is 153 Å². The number of anilines is 1. The lowest BCUT2D eigenvalue weighted by Crippen LogP contribution is -2.51. The normalized spacial score (nSPS) is 17.5. The molecule has 13 nitrogen and oxygen atoms in total. The molecule has 13 heteroatoms. The average molecular weight is 827 g/mol. The highest BCUT2D eigenvalue weighted by Gasteiger charge is 2.36. The first kappa shape index (κ1) is 42.2. The molecule has 5 aromatic rings. The molecule has 1 aliphatic carbocycles. The van der Waals surface area contributed by atoms with Crippen molar-refractivity contribution in [2.45, 2.75) is 76.4 Å². The molecule has 0 unspecified atom stereocenters. The van der Waals surface area contributed by atoms with Gasteiger partial charge in [0.15, 0.2) is 0 Å². The number of aryl methyl sites for hydroxylation is 2. The van der Waals surface area contributed by atoms with E-state index in [4.69, 9.17) is 4.98 Å². The number of carbonyl (C=O) groups excluding carboxylic acids is 3. The molecule has 3 amide bonds. The Morgan fingerprint density at radius 2 is 1.67 bits per heavy atom. The first-order valence-electron chi connectivity index (χ1n) is 22.0. The molecule has 0 radical (unpaired) electrons. The highest BCUT2D eigenvalue weighted by atomic mass is 16.3. The Kier molecular flexibility index (Phi) is 13.2. The summed E-state index contributed by atoms with van der Waals surface area (Å²) in [6, 6.07) is 23.0. The molecule has 2 saturated heterocycles. The zero-order valence-electron chi connectivity index (χ0n) is 35.3. The number of likely N-dealkylation sites (tertiary alicyclic amines) is 1. The van der Waals surface area contributed by atoms with Crippen LogP contribution < -0.4 is 16.2 Å². The molecule has 61 heavy (non-hydrogen) atoms. The molecule has 3 aliphatic rings. The number of piperidine rings is 1. The highest BCUT2D eigenvalue weighted by molar-refractivity contribution is 5.98. The van der Waals surface area contributed by atoms with E-state index < -0.39 is 5.60 Å². The highest BCUT2D eigenvalue weighted by Crippen LogP contribution is 2.28. The standard InChI is InChI=1S/C48H58N8O5/c1-53-24-26-54(27-25-53)21-17-44(57)51-39-15-16-40-43(31-39)50-33-56(47(40)60)32-48(61)18-22-55(23-19-48)46(59)38(28-34-8-3-2-4-9-34)11-7-20-49-45(58)37-14-13-36-29-35-10-5-6-12-41(35)52-42(36)30-37/h2-4,8-9,13-16,29-31,33,38,61H,5-7,10-12,17-28,32H2,1H3,(H,49,58)(H,51,57)/t38-/m0/s1. The number of piperazine rings is 1. The fourth-order valence-electron chi connectivity index (χ4n) is 9.08. The van der Waals surface area contributed by atoms with Gasteiger partial charge in [-0.05, 0) is 112 Å². The monoisotopic (exact) mass is 826 g/mol. The molecule has 0 saturated carbocycles. The minimum absolute atomic E-state index is 0.0351. The van der Waals surface area contributed by atoms with E-state index in [9.17, 15) is 24.3 Å². The summed E-state index contributed by atoms with van der Waals surface area (Å²) in [7, 11) is 2.11. The van der Waals surface area contributed by atoms with Crippen LogP contribution in [0, 0.1) is 5.92 Å². The Balaban J connectivity index is 0.840. The van der Waals surface area contributed by atoms with Gasteiger partial charge in [0.25, 0.3) is 11.5 Å². The van der Waals surface area contributed by atoms with Gasteiger partial charge in [-0.3, -0.25) is 28.7 Å². The van der Waals surface area contributed by atoms with Gasteiger partial charge >= 0.3 is 0 Å². The summed E-state index contributed by atoms with van der Waals surface area (Å²) in [5, 5.41) is 19.2. The van der Waals surface area contributed by atoms with Crippen molar-refractivity contribution in [1.82, 2.24) is 34.6 Å². The van der Waals surface area contributed by atoms with E-state index in [0.29, 0.717) is 86.9 Å². The van der Waals surface area contributed by atoms with Crippen LogP contribution in [0.15, 0.2) is 83.9 Å². The van der Waals surface area contributed by atoms with Crippen molar-refractivity contribution < 1.29 is 19.5 Å². The third kappa shape index (κ3) is 10.5. The predicted octanol–water partition coefficient (Wildman–Crippen LogP) is 4.82. The summed E-state index contributed by atoms with van der Waals surface area (Å²) in [4.78, 5) is 69.4. The third-order valence-electron chi connectivity index (χ3n) is 12.9. The molecule has 320 valence electrons. The second kappa shape index (κ2) is 19.0. The summed E-state index contributed by atoms with van der Waals surface area (Å²) in [6.07, 6.45) is 8.68. The molecule has 4 heterocycles. The van der Waals surface area contributed by atoms with Gasteiger partial charge in [0.1, 0.15) is 0 Å². The second-order valence-electron chi connectivity index (χ2n) is 17.4. The number of aliphatic hydroxyl groups is 1. The van der Waals surface area contributed by atoms with Crippen LogP contribution in [0.2, 0.25) is 0 Å². The van der Waals surface area contributed by atoms with Crippen molar-refractivity contribution in [3.8, 4) is 0 Å². The van der Waals surface area contributed by atoms with E-state index >= 15 is 0 Å². The maximum Gasteiger partial charge on any atom is 0.261 e. The van der Waals surface area contributed by atoms with Crippen molar-refractivity contribution in [3.05, 3.63) is 112 Å². The largest absolute Gasteiger partial charge is 0.388 e. The summed E-state index contributed by atoms with van der Waals surface area (Å²) in [6.45, 7) is 5.83. The SMILES string of the molecule is CN1CCN(CCC(=O)Nc2ccc3c(=O)n(CC4(O)CCN(C(=O)[C@@H](CCCNC(=O)c5ccc6cc7c(nc6c5)CCCC7)Cc5ccccc5)CC4)cnc3c2)CC1. The van der Waals surface area contributed by atoms with E-state index in [1.165, 1.54) is 22.9 Å². The minimum Gasteiger partial charge on any atom is -0.388 e. The zero-order chi connectivity index (χ0) is 42.3. The summed E-state index contributed by atoms with van der Waals surface area (Å²) >= 11 is 0. The Bertz CT molecular complexity index is 2420. The van der Waals surface area contributed by atoms with Crippen LogP contribution in [0.1, 0.15) is 72.1 Å². The number of pyridine rings is 1. The maximum absolute atomic E-state index is 14.1. The molecule has 3 aromatic carbocycles. The lowest BCUT2D eigenvalue weighted by molar-refractivity contribution is -0.140. The predicted molar refractivity (Wildman–Crippen MR) is 238 cm³/mol. The van der Waals surface area contributed by atoms with Crippen LogP contribution in [-0.2, 0) is 35.4 Å². The molecule has 2 aromatic heterocycles. The van der Waals surface area contributed by atoms with Crippen LogP contribution in [-0.4, -0.2) is 117 Å². The molecule has 0 bridgehead atoms. The van der Waals surface area contributed by atoms with E-state index in [0.717, 1.165) is 67.6 Å². The van der Waals surface area contributed by atoms with Crippen LogP contribution in [0.4, 0.5) is 5.69 Å². The summed E-state index contributed by atoms with van der Waals surface area (Å²) < 4.78 is 1.45.